The van der Waals surface area contributed by atoms with Crippen molar-refractivity contribution >= 4 is 23.2 Å². The van der Waals surface area contributed by atoms with Gasteiger partial charge in [-0.1, -0.05) is 17.7 Å². The number of ether oxygens (including phenoxy) is 1. The summed E-state index contributed by atoms with van der Waals surface area (Å²) in [7, 11) is 0. The first-order chi connectivity index (χ1) is 9.95. The van der Waals surface area contributed by atoms with Gasteiger partial charge in [-0.3, -0.25) is 4.79 Å². The smallest absolute Gasteiger partial charge is 0.265 e. The maximum atomic E-state index is 13.0. The van der Waals surface area contributed by atoms with E-state index in [1.807, 2.05) is 0 Å². The van der Waals surface area contributed by atoms with Crippen LogP contribution in [0.5, 0.6) is 5.75 Å². The average Bonchev–Trinajstić information content (AvgIpc) is 2.43. The Bertz CT molecular complexity index is 664. The number of carbonyl (C=O) groups is 1. The first-order valence-electron chi connectivity index (χ1n) is 6.14. The van der Waals surface area contributed by atoms with E-state index in [9.17, 15) is 13.6 Å². The lowest BCUT2D eigenvalue weighted by atomic mass is 10.2. The van der Waals surface area contributed by atoms with Crippen LogP contribution in [-0.2, 0) is 4.79 Å². The molecule has 0 aromatic heterocycles. The Morgan fingerprint density at radius 2 is 1.95 bits per heavy atom. The number of nitrogens with one attached hydrogen (secondary N) is 1. The number of halogens is 3. The Kier molecular flexibility index (Phi) is 4.75. The first kappa shape index (κ1) is 15.3. The Labute approximate surface area is 125 Å². The molecule has 0 saturated carbocycles. The van der Waals surface area contributed by atoms with Crippen molar-refractivity contribution in [3.8, 4) is 5.75 Å². The number of hydrogen-bond acceptors (Lipinski definition) is 2. The van der Waals surface area contributed by atoms with Gasteiger partial charge in [0.15, 0.2) is 17.7 Å². The Balaban J connectivity index is 2.00. The lowest BCUT2D eigenvalue weighted by Crippen LogP contribution is -2.30. The van der Waals surface area contributed by atoms with Gasteiger partial charge in [0, 0.05) is 16.8 Å². The number of carbonyl (C=O) groups excluding carboxylic acids is 1. The monoisotopic (exact) mass is 311 g/mol. The van der Waals surface area contributed by atoms with Crippen molar-refractivity contribution < 1.29 is 18.3 Å². The van der Waals surface area contributed by atoms with Crippen LogP contribution in [0, 0.1) is 11.6 Å². The average molecular weight is 312 g/mol. The molecule has 6 heteroatoms. The highest BCUT2D eigenvalue weighted by Crippen LogP contribution is 2.19. The minimum Gasteiger partial charge on any atom is -0.481 e. The second-order valence-electron chi connectivity index (χ2n) is 4.34. The summed E-state index contributed by atoms with van der Waals surface area (Å²) in [5, 5.41) is 2.93. The summed E-state index contributed by atoms with van der Waals surface area (Å²) < 4.78 is 31.3. The summed E-state index contributed by atoms with van der Waals surface area (Å²) in [6.07, 6.45) is -0.823. The van der Waals surface area contributed by atoms with Crippen LogP contribution in [-0.4, -0.2) is 12.0 Å². The fraction of sp³-hybridized carbons (Fsp3) is 0.133. The van der Waals surface area contributed by atoms with Crippen molar-refractivity contribution in [3.63, 3.8) is 0 Å². The van der Waals surface area contributed by atoms with Gasteiger partial charge in [-0.05, 0) is 37.3 Å². The molecule has 0 aliphatic heterocycles. The predicted octanol–water partition coefficient (Wildman–Crippen LogP) is 4.02. The van der Waals surface area contributed by atoms with E-state index in [2.05, 4.69) is 5.32 Å². The molecule has 0 aliphatic carbocycles. The van der Waals surface area contributed by atoms with Crippen LogP contribution in [0.15, 0.2) is 42.5 Å². The third-order valence-corrected chi connectivity index (χ3v) is 2.90. The highest BCUT2D eigenvalue weighted by atomic mass is 35.5. The molecule has 0 radical (unpaired) electrons. The van der Waals surface area contributed by atoms with Gasteiger partial charge in [0.2, 0.25) is 0 Å². The molecule has 1 unspecified atom stereocenters. The molecule has 0 bridgehead atoms. The zero-order chi connectivity index (χ0) is 15.4. The molecule has 2 rings (SSSR count). The molecule has 3 nitrogen and oxygen atoms in total. The van der Waals surface area contributed by atoms with E-state index in [1.165, 1.54) is 13.0 Å². The number of anilines is 1. The van der Waals surface area contributed by atoms with Gasteiger partial charge in [0.05, 0.1) is 0 Å². The van der Waals surface area contributed by atoms with E-state index in [0.717, 1.165) is 12.1 Å². The minimum absolute atomic E-state index is 0.153. The second-order valence-corrected chi connectivity index (χ2v) is 4.77. The summed E-state index contributed by atoms with van der Waals surface area (Å²) >= 11 is 5.81. The van der Waals surface area contributed by atoms with Crippen molar-refractivity contribution in [2.24, 2.45) is 0 Å². The molecular weight excluding hydrogens is 300 g/mol. The van der Waals surface area contributed by atoms with Crippen LogP contribution in [0.1, 0.15) is 6.92 Å². The van der Waals surface area contributed by atoms with Gasteiger partial charge < -0.3 is 10.1 Å². The van der Waals surface area contributed by atoms with Crippen molar-refractivity contribution in [1.82, 2.24) is 0 Å². The van der Waals surface area contributed by atoms with Crippen LogP contribution in [0.4, 0.5) is 14.5 Å². The fourth-order valence-electron chi connectivity index (χ4n) is 1.62. The van der Waals surface area contributed by atoms with Crippen molar-refractivity contribution in [3.05, 3.63) is 59.1 Å². The molecule has 2 aromatic carbocycles. The number of amides is 1. The highest BCUT2D eigenvalue weighted by Gasteiger charge is 2.15. The van der Waals surface area contributed by atoms with Crippen LogP contribution in [0.3, 0.4) is 0 Å². The Morgan fingerprint density at radius 3 is 2.62 bits per heavy atom. The Morgan fingerprint density at radius 1 is 1.19 bits per heavy atom. The number of benzene rings is 2. The van der Waals surface area contributed by atoms with E-state index in [-0.39, 0.29) is 5.69 Å². The van der Waals surface area contributed by atoms with E-state index in [4.69, 9.17) is 16.3 Å². The van der Waals surface area contributed by atoms with Crippen molar-refractivity contribution in [2.75, 3.05) is 5.32 Å². The molecule has 110 valence electrons. The van der Waals surface area contributed by atoms with E-state index >= 15 is 0 Å². The molecule has 0 fully saturated rings. The molecule has 0 heterocycles. The molecule has 2 aromatic rings. The molecule has 0 saturated heterocycles. The maximum absolute atomic E-state index is 13.0. The van der Waals surface area contributed by atoms with Gasteiger partial charge >= 0.3 is 0 Å². The molecule has 0 aliphatic rings. The molecule has 1 N–H and O–H groups in total. The lowest BCUT2D eigenvalue weighted by Gasteiger charge is -2.15. The van der Waals surface area contributed by atoms with Gasteiger partial charge in [-0.15, -0.1) is 0 Å². The van der Waals surface area contributed by atoms with E-state index < -0.39 is 23.6 Å². The predicted molar refractivity (Wildman–Crippen MR) is 76.5 cm³/mol. The van der Waals surface area contributed by atoms with Crippen LogP contribution < -0.4 is 10.1 Å². The van der Waals surface area contributed by atoms with Crippen LogP contribution in [0.2, 0.25) is 5.02 Å². The molecule has 1 atom stereocenters. The number of hydrogen-bond donors (Lipinski definition) is 1. The van der Waals surface area contributed by atoms with E-state index in [1.54, 1.807) is 24.3 Å². The fourth-order valence-corrected chi connectivity index (χ4v) is 1.80. The lowest BCUT2D eigenvalue weighted by molar-refractivity contribution is -0.122. The highest BCUT2D eigenvalue weighted by molar-refractivity contribution is 6.30. The van der Waals surface area contributed by atoms with Gasteiger partial charge in [0.25, 0.3) is 5.91 Å². The second kappa shape index (κ2) is 6.54. The molecule has 1 amide bonds. The molecule has 0 spiro atoms. The summed E-state index contributed by atoms with van der Waals surface area (Å²) in [5.41, 5.74) is 0.153. The SMILES string of the molecule is CC(Oc1cccc(Cl)c1)C(=O)Nc1ccc(F)c(F)c1. The van der Waals surface area contributed by atoms with Crippen LogP contribution >= 0.6 is 11.6 Å². The quantitative estimate of drug-likeness (QED) is 0.926. The Hall–Kier alpha value is -2.14. The van der Waals surface area contributed by atoms with Gasteiger partial charge in [-0.25, -0.2) is 8.78 Å². The van der Waals surface area contributed by atoms with Crippen molar-refractivity contribution in [2.45, 2.75) is 13.0 Å². The third-order valence-electron chi connectivity index (χ3n) is 2.67. The normalized spacial score (nSPS) is 11.8. The summed E-state index contributed by atoms with van der Waals surface area (Å²) in [4.78, 5) is 11.9. The zero-order valence-electron chi connectivity index (χ0n) is 11.1. The maximum Gasteiger partial charge on any atom is 0.265 e. The largest absolute Gasteiger partial charge is 0.481 e. The van der Waals surface area contributed by atoms with E-state index in [0.29, 0.717) is 10.8 Å². The van der Waals surface area contributed by atoms with Crippen LogP contribution in [0.25, 0.3) is 0 Å². The van der Waals surface area contributed by atoms with Crippen molar-refractivity contribution in [1.29, 1.82) is 0 Å². The first-order valence-corrected chi connectivity index (χ1v) is 6.51. The summed E-state index contributed by atoms with van der Waals surface area (Å²) in [5.74, 6) is -2.05. The topological polar surface area (TPSA) is 38.3 Å². The third kappa shape index (κ3) is 4.16. The zero-order valence-corrected chi connectivity index (χ0v) is 11.8. The van der Waals surface area contributed by atoms with Gasteiger partial charge in [-0.2, -0.15) is 0 Å². The standard InChI is InChI=1S/C15H12ClF2NO2/c1-9(21-12-4-2-3-10(16)7-12)15(20)19-11-5-6-13(17)14(18)8-11/h2-9H,1H3,(H,19,20). The summed E-state index contributed by atoms with van der Waals surface area (Å²) in [6, 6.07) is 9.71. The molecular formula is C15H12ClF2NO2. The summed E-state index contributed by atoms with van der Waals surface area (Å²) in [6.45, 7) is 1.54. The minimum atomic E-state index is -1.03. The van der Waals surface area contributed by atoms with Gasteiger partial charge in [0.1, 0.15) is 5.75 Å². The molecule has 21 heavy (non-hydrogen) atoms. The number of rotatable bonds is 4.